The molecular weight excluding hydrogens is 438 g/mol. The Balaban J connectivity index is 1.32. The predicted molar refractivity (Wildman–Crippen MR) is 126 cm³/mol. The third-order valence-electron chi connectivity index (χ3n) is 4.98. The Morgan fingerprint density at radius 3 is 2.52 bits per heavy atom. The maximum absolute atomic E-state index is 12.6. The molecule has 33 heavy (non-hydrogen) atoms. The molecule has 5 rings (SSSR count). The van der Waals surface area contributed by atoms with Gasteiger partial charge in [0.2, 0.25) is 11.9 Å². The summed E-state index contributed by atoms with van der Waals surface area (Å²) in [5, 5.41) is 15.3. The Morgan fingerprint density at radius 1 is 0.970 bits per heavy atom. The summed E-state index contributed by atoms with van der Waals surface area (Å²) >= 11 is 1.28. The molecule has 0 atom stereocenters. The van der Waals surface area contributed by atoms with Crippen LogP contribution in [-0.2, 0) is 16.1 Å². The number of cyclic esters (lactones) is 1. The van der Waals surface area contributed by atoms with Crippen LogP contribution in [0.1, 0.15) is 15.9 Å². The zero-order valence-electron chi connectivity index (χ0n) is 17.4. The molecule has 0 saturated heterocycles. The highest BCUT2D eigenvalue weighted by Crippen LogP contribution is 2.27. The summed E-state index contributed by atoms with van der Waals surface area (Å²) in [6, 6.07) is 24.6. The number of nitrogens with one attached hydrogen (secondary N) is 2. The second kappa shape index (κ2) is 9.17. The van der Waals surface area contributed by atoms with Gasteiger partial charge in [0.05, 0.1) is 17.0 Å². The lowest BCUT2D eigenvalue weighted by Crippen LogP contribution is -2.15. The van der Waals surface area contributed by atoms with E-state index in [2.05, 4.69) is 20.8 Å². The van der Waals surface area contributed by atoms with Crippen LogP contribution < -0.4 is 10.6 Å². The number of rotatable bonds is 7. The van der Waals surface area contributed by atoms with Crippen molar-refractivity contribution in [1.29, 1.82) is 0 Å². The van der Waals surface area contributed by atoms with E-state index in [1.165, 1.54) is 11.8 Å². The number of para-hydroxylation sites is 2. The SMILES string of the molecule is O=C(CSc1nnc(Nc2ccccc2)n1-c1ccccc1)Nc1ccc2c(c1)COC2=O. The van der Waals surface area contributed by atoms with Gasteiger partial charge in [-0.15, -0.1) is 10.2 Å². The molecule has 4 aromatic rings. The van der Waals surface area contributed by atoms with Gasteiger partial charge in [-0.2, -0.15) is 0 Å². The average Bonchev–Trinajstić information content (AvgIpc) is 3.42. The number of benzene rings is 3. The fraction of sp³-hybridized carbons (Fsp3) is 0.0833. The van der Waals surface area contributed by atoms with Crippen molar-refractivity contribution in [2.45, 2.75) is 11.8 Å². The standard InChI is InChI=1S/C24H19N5O3S/c30-21(25-18-11-12-20-16(13-18)14-32-22(20)31)15-33-24-28-27-23(26-17-7-3-1-4-8-17)29(24)19-9-5-2-6-10-19/h1-13H,14-15H2,(H,25,30)(H,26,27). The fourth-order valence-corrected chi connectivity index (χ4v) is 4.20. The van der Waals surface area contributed by atoms with Gasteiger partial charge < -0.3 is 15.4 Å². The minimum absolute atomic E-state index is 0.142. The molecule has 1 aromatic heterocycles. The largest absolute Gasteiger partial charge is 0.457 e. The topological polar surface area (TPSA) is 98.1 Å². The van der Waals surface area contributed by atoms with E-state index in [0.29, 0.717) is 22.4 Å². The summed E-state index contributed by atoms with van der Waals surface area (Å²) in [6.07, 6.45) is 0. The van der Waals surface area contributed by atoms with Crippen LogP contribution in [0.15, 0.2) is 84.0 Å². The number of nitrogens with zero attached hydrogens (tertiary/aromatic N) is 3. The van der Waals surface area contributed by atoms with Crippen molar-refractivity contribution in [2.24, 2.45) is 0 Å². The summed E-state index contributed by atoms with van der Waals surface area (Å²) in [4.78, 5) is 24.2. The van der Waals surface area contributed by atoms with Crippen LogP contribution >= 0.6 is 11.8 Å². The molecule has 0 fully saturated rings. The summed E-state index contributed by atoms with van der Waals surface area (Å²) < 4.78 is 6.89. The van der Waals surface area contributed by atoms with E-state index in [-0.39, 0.29) is 24.2 Å². The van der Waals surface area contributed by atoms with Gasteiger partial charge in [0, 0.05) is 16.9 Å². The molecule has 9 heteroatoms. The quantitative estimate of drug-likeness (QED) is 0.313. The smallest absolute Gasteiger partial charge is 0.338 e. The van der Waals surface area contributed by atoms with E-state index >= 15 is 0 Å². The van der Waals surface area contributed by atoms with Crippen molar-refractivity contribution in [3.63, 3.8) is 0 Å². The van der Waals surface area contributed by atoms with Crippen LogP contribution in [0.5, 0.6) is 0 Å². The maximum atomic E-state index is 12.6. The van der Waals surface area contributed by atoms with Gasteiger partial charge in [0.1, 0.15) is 6.61 Å². The number of carbonyl (C=O) groups excluding carboxylic acids is 2. The van der Waals surface area contributed by atoms with Crippen molar-refractivity contribution < 1.29 is 14.3 Å². The van der Waals surface area contributed by atoms with Gasteiger partial charge in [-0.3, -0.25) is 9.36 Å². The maximum Gasteiger partial charge on any atom is 0.338 e. The predicted octanol–water partition coefficient (Wildman–Crippen LogP) is 4.41. The van der Waals surface area contributed by atoms with Gasteiger partial charge in [-0.1, -0.05) is 48.2 Å². The highest BCUT2D eigenvalue weighted by atomic mass is 32.2. The summed E-state index contributed by atoms with van der Waals surface area (Å²) in [5.41, 5.74) is 3.69. The highest BCUT2D eigenvalue weighted by molar-refractivity contribution is 7.99. The molecule has 1 aliphatic rings. The fourth-order valence-electron chi connectivity index (χ4n) is 3.44. The lowest BCUT2D eigenvalue weighted by atomic mass is 10.1. The number of anilines is 3. The van der Waals surface area contributed by atoms with E-state index in [4.69, 9.17) is 4.74 Å². The monoisotopic (exact) mass is 457 g/mol. The van der Waals surface area contributed by atoms with E-state index in [1.54, 1.807) is 18.2 Å². The molecular formula is C24H19N5O3S. The third-order valence-corrected chi connectivity index (χ3v) is 5.91. The van der Waals surface area contributed by atoms with Crippen LogP contribution in [0.4, 0.5) is 17.3 Å². The molecule has 2 N–H and O–H groups in total. The number of carbonyl (C=O) groups is 2. The lowest BCUT2D eigenvalue weighted by Gasteiger charge is -2.11. The third kappa shape index (κ3) is 4.58. The first-order valence-electron chi connectivity index (χ1n) is 10.2. The number of aromatic nitrogens is 3. The van der Waals surface area contributed by atoms with Crippen molar-refractivity contribution >= 4 is 41.0 Å². The Labute approximate surface area is 194 Å². The van der Waals surface area contributed by atoms with Gasteiger partial charge in [-0.25, -0.2) is 4.79 Å². The minimum atomic E-state index is -0.335. The Hall–Kier alpha value is -4.11. The zero-order chi connectivity index (χ0) is 22.6. The first-order valence-corrected chi connectivity index (χ1v) is 11.2. The molecule has 8 nitrogen and oxygen atoms in total. The number of thioether (sulfide) groups is 1. The van der Waals surface area contributed by atoms with E-state index in [9.17, 15) is 9.59 Å². The summed E-state index contributed by atoms with van der Waals surface area (Å²) in [6.45, 7) is 0.226. The average molecular weight is 458 g/mol. The number of hydrogen-bond acceptors (Lipinski definition) is 7. The van der Waals surface area contributed by atoms with Gasteiger partial charge in [-0.05, 0) is 42.5 Å². The lowest BCUT2D eigenvalue weighted by molar-refractivity contribution is -0.113. The molecule has 1 amide bonds. The number of esters is 1. The molecule has 0 unspecified atom stereocenters. The van der Waals surface area contributed by atoms with Crippen molar-refractivity contribution in [3.05, 3.63) is 90.0 Å². The first-order chi connectivity index (χ1) is 16.2. The van der Waals surface area contributed by atoms with Crippen LogP contribution in [-0.4, -0.2) is 32.4 Å². The van der Waals surface area contributed by atoms with Crippen LogP contribution in [0.2, 0.25) is 0 Å². The summed E-state index contributed by atoms with van der Waals surface area (Å²) in [5.74, 6) is 0.172. The highest BCUT2D eigenvalue weighted by Gasteiger charge is 2.21. The molecule has 3 aromatic carbocycles. The summed E-state index contributed by atoms with van der Waals surface area (Å²) in [7, 11) is 0. The van der Waals surface area contributed by atoms with Crippen molar-refractivity contribution in [1.82, 2.24) is 14.8 Å². The van der Waals surface area contributed by atoms with Gasteiger partial charge in [0.15, 0.2) is 5.16 Å². The Morgan fingerprint density at radius 2 is 1.73 bits per heavy atom. The first kappa shape index (κ1) is 20.8. The van der Waals surface area contributed by atoms with Crippen molar-refractivity contribution in [3.8, 4) is 5.69 Å². The molecule has 1 aliphatic heterocycles. The van der Waals surface area contributed by atoms with Crippen LogP contribution in [0.3, 0.4) is 0 Å². The number of amides is 1. The van der Waals surface area contributed by atoms with E-state index in [0.717, 1.165) is 16.9 Å². The Kier molecular flexibility index (Phi) is 5.77. The molecule has 164 valence electrons. The number of ether oxygens (including phenoxy) is 1. The molecule has 0 radical (unpaired) electrons. The number of fused-ring (bicyclic) bond motifs is 1. The normalized spacial score (nSPS) is 12.2. The zero-order valence-corrected chi connectivity index (χ0v) is 18.2. The molecule has 0 spiro atoms. The molecule has 2 heterocycles. The van der Waals surface area contributed by atoms with E-state index in [1.807, 2.05) is 65.2 Å². The van der Waals surface area contributed by atoms with Crippen LogP contribution in [0.25, 0.3) is 5.69 Å². The van der Waals surface area contributed by atoms with Crippen LogP contribution in [0, 0.1) is 0 Å². The second-order valence-electron chi connectivity index (χ2n) is 7.25. The van der Waals surface area contributed by atoms with E-state index < -0.39 is 0 Å². The van der Waals surface area contributed by atoms with Gasteiger partial charge in [0.25, 0.3) is 0 Å². The number of hydrogen-bond donors (Lipinski definition) is 2. The molecule has 0 aliphatic carbocycles. The minimum Gasteiger partial charge on any atom is -0.457 e. The Bertz CT molecular complexity index is 1310. The second-order valence-corrected chi connectivity index (χ2v) is 8.20. The van der Waals surface area contributed by atoms with Gasteiger partial charge >= 0.3 is 5.97 Å². The molecule has 0 bridgehead atoms. The van der Waals surface area contributed by atoms with Crippen molar-refractivity contribution in [2.75, 3.05) is 16.4 Å². The molecule has 0 saturated carbocycles.